The molecule has 3 aliphatic rings. The third kappa shape index (κ3) is 1.75. The van der Waals surface area contributed by atoms with Crippen molar-refractivity contribution in [1.29, 1.82) is 0 Å². The van der Waals surface area contributed by atoms with Crippen LogP contribution in [-0.2, 0) is 0 Å². The van der Waals surface area contributed by atoms with E-state index < -0.39 is 0 Å². The fourth-order valence-corrected chi connectivity index (χ4v) is 3.52. The lowest BCUT2D eigenvalue weighted by molar-refractivity contribution is 0.154. The fraction of sp³-hybridized carbons (Fsp3) is 0.857. The molecule has 0 heterocycles. The fourth-order valence-electron chi connectivity index (χ4n) is 3.52. The van der Waals surface area contributed by atoms with E-state index in [0.717, 1.165) is 23.3 Å². The monoisotopic (exact) mass is 205 g/mol. The molecule has 3 unspecified atom stereocenters. The van der Waals surface area contributed by atoms with Gasteiger partial charge >= 0.3 is 0 Å². The highest BCUT2D eigenvalue weighted by atomic mass is 15.0. The lowest BCUT2D eigenvalue weighted by Crippen LogP contribution is -2.49. The Morgan fingerprint density at radius 3 is 2.93 bits per heavy atom. The van der Waals surface area contributed by atoms with Gasteiger partial charge < -0.3 is 5.32 Å². The van der Waals surface area contributed by atoms with Gasteiger partial charge in [-0.1, -0.05) is 25.5 Å². The Morgan fingerprint density at radius 1 is 1.40 bits per heavy atom. The third-order valence-electron chi connectivity index (χ3n) is 4.84. The van der Waals surface area contributed by atoms with E-state index in [2.05, 4.69) is 24.4 Å². The zero-order valence-electron chi connectivity index (χ0n) is 9.84. The zero-order chi connectivity index (χ0) is 10.3. The van der Waals surface area contributed by atoms with Gasteiger partial charge in [0.25, 0.3) is 0 Å². The van der Waals surface area contributed by atoms with Crippen LogP contribution in [0.5, 0.6) is 0 Å². The minimum Gasteiger partial charge on any atom is -0.313 e. The summed E-state index contributed by atoms with van der Waals surface area (Å²) in [5.74, 6) is 1.89. The molecule has 3 atom stereocenters. The van der Waals surface area contributed by atoms with E-state index in [9.17, 15) is 0 Å². The van der Waals surface area contributed by atoms with Crippen molar-refractivity contribution in [2.24, 2.45) is 17.3 Å². The van der Waals surface area contributed by atoms with E-state index in [1.54, 1.807) is 0 Å². The minimum absolute atomic E-state index is 0.724. The number of hydrogen-bond acceptors (Lipinski definition) is 1. The largest absolute Gasteiger partial charge is 0.313 e. The summed E-state index contributed by atoms with van der Waals surface area (Å²) >= 11 is 0. The van der Waals surface area contributed by atoms with Gasteiger partial charge in [0.1, 0.15) is 0 Å². The molecule has 1 N–H and O–H groups in total. The second kappa shape index (κ2) is 3.62. The average molecular weight is 205 g/mol. The van der Waals surface area contributed by atoms with Gasteiger partial charge in [-0.2, -0.15) is 0 Å². The highest BCUT2D eigenvalue weighted by Crippen LogP contribution is 2.50. The van der Waals surface area contributed by atoms with Crippen molar-refractivity contribution < 1.29 is 0 Å². The number of fused-ring (bicyclic) bond motifs is 1. The van der Waals surface area contributed by atoms with Crippen LogP contribution in [0.2, 0.25) is 0 Å². The summed E-state index contributed by atoms with van der Waals surface area (Å²) in [5.41, 5.74) is 0.724. The van der Waals surface area contributed by atoms with E-state index in [0.29, 0.717) is 0 Å². The Bertz CT molecular complexity index is 265. The lowest BCUT2D eigenvalue weighted by atomic mass is 9.71. The number of rotatable bonds is 5. The smallest absolute Gasteiger partial charge is 0.0136 e. The van der Waals surface area contributed by atoms with E-state index in [4.69, 9.17) is 0 Å². The topological polar surface area (TPSA) is 12.0 Å². The maximum atomic E-state index is 3.83. The van der Waals surface area contributed by atoms with Crippen LogP contribution >= 0.6 is 0 Å². The summed E-state index contributed by atoms with van der Waals surface area (Å²) in [6, 6.07) is 0.822. The van der Waals surface area contributed by atoms with Crippen molar-refractivity contribution in [3.05, 3.63) is 12.2 Å². The first-order valence-electron chi connectivity index (χ1n) is 6.73. The van der Waals surface area contributed by atoms with Crippen molar-refractivity contribution in [2.75, 3.05) is 6.54 Å². The minimum atomic E-state index is 0.724. The summed E-state index contributed by atoms with van der Waals surface area (Å²) in [6.07, 6.45) is 13.4. The summed E-state index contributed by atoms with van der Waals surface area (Å²) in [7, 11) is 0. The molecule has 2 saturated carbocycles. The molecule has 1 heteroatoms. The van der Waals surface area contributed by atoms with Gasteiger partial charge in [0.15, 0.2) is 0 Å². The van der Waals surface area contributed by atoms with Gasteiger partial charge in [-0.3, -0.25) is 0 Å². The summed E-state index contributed by atoms with van der Waals surface area (Å²) in [6.45, 7) is 3.61. The Morgan fingerprint density at radius 2 is 2.27 bits per heavy atom. The van der Waals surface area contributed by atoms with Gasteiger partial charge in [0.2, 0.25) is 0 Å². The highest BCUT2D eigenvalue weighted by molar-refractivity contribution is 5.13. The first-order chi connectivity index (χ1) is 7.33. The standard InChI is InChI=1S/C14H23N/c1-2-6-14(7-8-14)10-15-13-9-11-4-3-5-12(11)13/h3,5,11-13,15H,2,4,6-10H2,1H3. The second-order valence-corrected chi connectivity index (χ2v) is 5.97. The van der Waals surface area contributed by atoms with E-state index >= 15 is 0 Å². The summed E-state index contributed by atoms with van der Waals surface area (Å²) in [4.78, 5) is 0. The predicted octanol–water partition coefficient (Wildman–Crippen LogP) is 3.12. The van der Waals surface area contributed by atoms with E-state index in [-0.39, 0.29) is 0 Å². The van der Waals surface area contributed by atoms with Gasteiger partial charge in [0, 0.05) is 12.6 Å². The maximum Gasteiger partial charge on any atom is 0.0136 e. The molecule has 0 aliphatic heterocycles. The summed E-state index contributed by atoms with van der Waals surface area (Å²) in [5, 5.41) is 3.83. The quantitative estimate of drug-likeness (QED) is 0.680. The zero-order valence-corrected chi connectivity index (χ0v) is 9.84. The Balaban J connectivity index is 1.45. The molecule has 0 spiro atoms. The van der Waals surface area contributed by atoms with Gasteiger partial charge in [0.05, 0.1) is 0 Å². The first-order valence-corrected chi connectivity index (χ1v) is 6.73. The van der Waals surface area contributed by atoms with Gasteiger partial charge in [-0.25, -0.2) is 0 Å². The molecule has 0 saturated heterocycles. The molecule has 15 heavy (non-hydrogen) atoms. The molecule has 0 aromatic carbocycles. The predicted molar refractivity (Wildman–Crippen MR) is 63.7 cm³/mol. The average Bonchev–Trinajstić information content (AvgIpc) is 2.86. The molecule has 84 valence electrons. The first kappa shape index (κ1) is 9.89. The maximum absolute atomic E-state index is 3.83. The number of hydrogen-bond donors (Lipinski definition) is 1. The van der Waals surface area contributed by atoms with E-state index in [1.165, 1.54) is 45.1 Å². The number of allylic oxidation sites excluding steroid dienone is 1. The van der Waals surface area contributed by atoms with Crippen molar-refractivity contribution in [1.82, 2.24) is 5.32 Å². The molecule has 0 bridgehead atoms. The highest BCUT2D eigenvalue weighted by Gasteiger charge is 2.45. The molecule has 2 fully saturated rings. The molecule has 0 amide bonds. The van der Waals surface area contributed by atoms with E-state index in [1.807, 2.05) is 0 Å². The lowest BCUT2D eigenvalue weighted by Gasteiger charge is -2.41. The number of nitrogens with one attached hydrogen (secondary N) is 1. The molecule has 3 aliphatic carbocycles. The van der Waals surface area contributed by atoms with Gasteiger partial charge in [-0.15, -0.1) is 0 Å². The Kier molecular flexibility index (Phi) is 2.39. The van der Waals surface area contributed by atoms with Crippen molar-refractivity contribution in [2.45, 2.75) is 51.5 Å². The molecule has 0 aromatic heterocycles. The summed E-state index contributed by atoms with van der Waals surface area (Å²) < 4.78 is 0. The molecule has 3 rings (SSSR count). The SMILES string of the molecule is CCCC1(CNC2CC3CC=CC32)CC1. The van der Waals surface area contributed by atoms with Crippen LogP contribution in [0, 0.1) is 17.3 Å². The molecular weight excluding hydrogens is 182 g/mol. The van der Waals surface area contributed by atoms with Crippen LogP contribution in [0.25, 0.3) is 0 Å². The second-order valence-electron chi connectivity index (χ2n) is 5.97. The van der Waals surface area contributed by atoms with Crippen LogP contribution in [0.3, 0.4) is 0 Å². The van der Waals surface area contributed by atoms with Crippen molar-refractivity contribution in [3.8, 4) is 0 Å². The third-order valence-corrected chi connectivity index (χ3v) is 4.84. The van der Waals surface area contributed by atoms with Crippen molar-refractivity contribution >= 4 is 0 Å². The van der Waals surface area contributed by atoms with Crippen molar-refractivity contribution in [3.63, 3.8) is 0 Å². The van der Waals surface area contributed by atoms with Crippen LogP contribution in [0.1, 0.15) is 45.4 Å². The molecule has 1 nitrogen and oxygen atoms in total. The van der Waals surface area contributed by atoms with Crippen LogP contribution in [-0.4, -0.2) is 12.6 Å². The van der Waals surface area contributed by atoms with Crippen LogP contribution in [0.15, 0.2) is 12.2 Å². The molecule has 0 radical (unpaired) electrons. The molecular formula is C14H23N. The molecule has 0 aromatic rings. The van der Waals surface area contributed by atoms with Gasteiger partial charge in [-0.05, 0) is 49.4 Å². The van der Waals surface area contributed by atoms with Crippen LogP contribution in [0.4, 0.5) is 0 Å². The Hall–Kier alpha value is -0.300. The normalized spacial score (nSPS) is 39.9. The Labute approximate surface area is 93.3 Å². The van der Waals surface area contributed by atoms with Crippen LogP contribution < -0.4 is 5.32 Å².